The quantitative estimate of drug-likeness (QED) is 0.757. The van der Waals surface area contributed by atoms with Crippen molar-refractivity contribution in [2.75, 3.05) is 5.32 Å². The molecule has 1 aromatic carbocycles. The number of benzene rings is 1. The fourth-order valence-corrected chi connectivity index (χ4v) is 2.05. The van der Waals surface area contributed by atoms with Gasteiger partial charge in [-0.2, -0.15) is 10.2 Å². The molecule has 0 bridgehead atoms. The number of aromatic nitrogens is 5. The predicted octanol–water partition coefficient (Wildman–Crippen LogP) is 1.66. The third-order valence-corrected chi connectivity index (χ3v) is 3.30. The first-order valence-electron chi connectivity index (χ1n) is 6.24. The number of anilines is 1. The number of fused-ring (bicyclic) bond motifs is 1. The first-order chi connectivity index (χ1) is 9.66. The predicted molar refractivity (Wildman–Crippen MR) is 74.2 cm³/mol. The van der Waals surface area contributed by atoms with E-state index in [1.165, 1.54) is 17.3 Å². The van der Waals surface area contributed by atoms with Gasteiger partial charge in [0.2, 0.25) is 5.91 Å². The molecule has 2 aromatic heterocycles. The van der Waals surface area contributed by atoms with Gasteiger partial charge in [-0.05, 0) is 25.5 Å². The summed E-state index contributed by atoms with van der Waals surface area (Å²) in [6, 6.07) is 3.38. The second kappa shape index (κ2) is 4.76. The Kier molecular flexibility index (Phi) is 2.94. The minimum atomic E-state index is -0.434. The van der Waals surface area contributed by atoms with Crippen LogP contribution < -0.4 is 5.32 Å². The minimum Gasteiger partial charge on any atom is -0.322 e. The van der Waals surface area contributed by atoms with Crippen molar-refractivity contribution in [3.63, 3.8) is 0 Å². The lowest BCUT2D eigenvalue weighted by molar-refractivity contribution is -0.119. The molecule has 0 spiro atoms. The van der Waals surface area contributed by atoms with Gasteiger partial charge in [0, 0.05) is 5.39 Å². The number of hydrogen-bond acceptors (Lipinski definition) is 4. The molecule has 0 saturated carbocycles. The molecule has 7 heteroatoms. The van der Waals surface area contributed by atoms with Crippen LogP contribution in [0.15, 0.2) is 31.0 Å². The van der Waals surface area contributed by atoms with Crippen LogP contribution in [0.25, 0.3) is 10.9 Å². The highest BCUT2D eigenvalue weighted by molar-refractivity contribution is 6.02. The van der Waals surface area contributed by atoms with Crippen LogP contribution in [0.4, 0.5) is 5.69 Å². The molecule has 7 nitrogen and oxygen atoms in total. The number of carbonyl (C=O) groups is 1. The number of carbonyl (C=O) groups excluding carboxylic acids is 1. The zero-order valence-corrected chi connectivity index (χ0v) is 11.2. The minimum absolute atomic E-state index is 0.157. The topological polar surface area (TPSA) is 88.5 Å². The Morgan fingerprint density at radius 2 is 2.30 bits per heavy atom. The summed E-state index contributed by atoms with van der Waals surface area (Å²) in [5.41, 5.74) is 2.64. The van der Waals surface area contributed by atoms with E-state index in [1.807, 2.05) is 19.1 Å². The monoisotopic (exact) mass is 270 g/mol. The van der Waals surface area contributed by atoms with Gasteiger partial charge in [0.15, 0.2) is 0 Å². The van der Waals surface area contributed by atoms with Gasteiger partial charge in [-0.1, -0.05) is 6.07 Å². The van der Waals surface area contributed by atoms with Gasteiger partial charge in [-0.15, -0.1) is 0 Å². The molecule has 0 radical (unpaired) electrons. The van der Waals surface area contributed by atoms with Crippen LogP contribution in [0, 0.1) is 6.92 Å². The third kappa shape index (κ3) is 2.03. The van der Waals surface area contributed by atoms with Gasteiger partial charge in [0.1, 0.15) is 18.7 Å². The van der Waals surface area contributed by atoms with Crippen LogP contribution in [0.3, 0.4) is 0 Å². The van der Waals surface area contributed by atoms with Gasteiger partial charge in [-0.3, -0.25) is 9.89 Å². The van der Waals surface area contributed by atoms with Crippen molar-refractivity contribution in [2.24, 2.45) is 0 Å². The van der Waals surface area contributed by atoms with E-state index >= 15 is 0 Å². The number of rotatable bonds is 3. The summed E-state index contributed by atoms with van der Waals surface area (Å²) >= 11 is 0. The molecular weight excluding hydrogens is 256 g/mol. The van der Waals surface area contributed by atoms with Crippen LogP contribution >= 0.6 is 0 Å². The van der Waals surface area contributed by atoms with Crippen molar-refractivity contribution in [1.82, 2.24) is 25.0 Å². The fraction of sp³-hybridized carbons (Fsp3) is 0.231. The number of hydrogen-bond donors (Lipinski definition) is 2. The molecule has 20 heavy (non-hydrogen) atoms. The number of aromatic amines is 1. The number of amides is 1. The van der Waals surface area contributed by atoms with Crippen LogP contribution in [0.2, 0.25) is 0 Å². The lowest BCUT2D eigenvalue weighted by Gasteiger charge is -2.13. The Morgan fingerprint density at radius 3 is 3.05 bits per heavy atom. The smallest absolute Gasteiger partial charge is 0.249 e. The Labute approximate surface area is 115 Å². The Balaban J connectivity index is 1.88. The highest BCUT2D eigenvalue weighted by Gasteiger charge is 2.17. The van der Waals surface area contributed by atoms with Gasteiger partial charge < -0.3 is 5.32 Å². The summed E-state index contributed by atoms with van der Waals surface area (Å²) in [7, 11) is 0. The highest BCUT2D eigenvalue weighted by Crippen LogP contribution is 2.24. The average Bonchev–Trinajstić information content (AvgIpc) is 3.11. The molecule has 1 unspecified atom stereocenters. The van der Waals surface area contributed by atoms with Gasteiger partial charge in [0.25, 0.3) is 0 Å². The molecule has 102 valence electrons. The van der Waals surface area contributed by atoms with Crippen LogP contribution in [-0.2, 0) is 4.79 Å². The molecule has 0 aliphatic heterocycles. The van der Waals surface area contributed by atoms with E-state index in [0.29, 0.717) is 5.69 Å². The summed E-state index contributed by atoms with van der Waals surface area (Å²) in [6.07, 6.45) is 4.68. The van der Waals surface area contributed by atoms with Crippen molar-refractivity contribution in [1.29, 1.82) is 0 Å². The van der Waals surface area contributed by atoms with Crippen molar-refractivity contribution >= 4 is 22.5 Å². The summed E-state index contributed by atoms with van der Waals surface area (Å²) in [5.74, 6) is -0.157. The number of nitrogens with one attached hydrogen (secondary N) is 2. The van der Waals surface area contributed by atoms with E-state index in [0.717, 1.165) is 16.5 Å². The molecule has 0 fully saturated rings. The second-order valence-corrected chi connectivity index (χ2v) is 4.63. The molecule has 0 saturated heterocycles. The third-order valence-electron chi connectivity index (χ3n) is 3.30. The van der Waals surface area contributed by atoms with Crippen molar-refractivity contribution in [3.05, 3.63) is 36.5 Å². The zero-order valence-electron chi connectivity index (χ0n) is 11.2. The summed E-state index contributed by atoms with van der Waals surface area (Å²) in [6.45, 7) is 3.77. The van der Waals surface area contributed by atoms with Gasteiger partial charge in [0.05, 0.1) is 17.4 Å². The Bertz CT molecular complexity index is 745. The summed E-state index contributed by atoms with van der Waals surface area (Å²) in [4.78, 5) is 16.1. The fourth-order valence-electron chi connectivity index (χ4n) is 2.05. The summed E-state index contributed by atoms with van der Waals surface area (Å²) in [5, 5.41) is 14.8. The Hall–Kier alpha value is -2.70. The van der Waals surface area contributed by atoms with Crippen molar-refractivity contribution in [2.45, 2.75) is 19.9 Å². The van der Waals surface area contributed by atoms with E-state index in [4.69, 9.17) is 0 Å². The van der Waals surface area contributed by atoms with E-state index in [1.54, 1.807) is 13.1 Å². The van der Waals surface area contributed by atoms with Crippen LogP contribution in [0.1, 0.15) is 18.5 Å². The zero-order chi connectivity index (χ0) is 14.1. The van der Waals surface area contributed by atoms with E-state index in [9.17, 15) is 4.79 Å². The van der Waals surface area contributed by atoms with Gasteiger partial charge in [-0.25, -0.2) is 9.67 Å². The molecule has 0 aliphatic rings. The maximum atomic E-state index is 12.2. The van der Waals surface area contributed by atoms with Crippen molar-refractivity contribution < 1.29 is 4.79 Å². The van der Waals surface area contributed by atoms with Crippen molar-refractivity contribution in [3.8, 4) is 0 Å². The Morgan fingerprint density at radius 1 is 1.45 bits per heavy atom. The molecule has 3 rings (SSSR count). The summed E-state index contributed by atoms with van der Waals surface area (Å²) < 4.78 is 1.51. The SMILES string of the molecule is Cc1ccc(NC(=O)C(C)n2cncn2)c2[nH]ncc12. The molecule has 2 N–H and O–H groups in total. The maximum Gasteiger partial charge on any atom is 0.249 e. The molecule has 3 aromatic rings. The largest absolute Gasteiger partial charge is 0.322 e. The molecule has 0 aliphatic carbocycles. The molecule has 1 amide bonds. The first kappa shape index (κ1) is 12.3. The number of aryl methyl sites for hydroxylation is 1. The molecule has 2 heterocycles. The van der Waals surface area contributed by atoms with Crippen LogP contribution in [-0.4, -0.2) is 30.9 Å². The average molecular weight is 270 g/mol. The number of nitrogens with zero attached hydrogens (tertiary/aromatic N) is 4. The first-order valence-corrected chi connectivity index (χ1v) is 6.24. The molecular formula is C13H14N6O. The molecule has 1 atom stereocenters. The standard InChI is InChI=1S/C13H14N6O/c1-8-3-4-11(12-10(8)5-15-18-12)17-13(20)9(2)19-7-14-6-16-19/h3-7,9H,1-2H3,(H,15,18)(H,17,20). The lowest BCUT2D eigenvalue weighted by atomic mass is 10.1. The van der Waals surface area contributed by atoms with E-state index in [2.05, 4.69) is 25.6 Å². The lowest BCUT2D eigenvalue weighted by Crippen LogP contribution is -2.24. The highest BCUT2D eigenvalue weighted by atomic mass is 16.2. The van der Waals surface area contributed by atoms with Crippen LogP contribution in [0.5, 0.6) is 0 Å². The van der Waals surface area contributed by atoms with E-state index < -0.39 is 6.04 Å². The van der Waals surface area contributed by atoms with Gasteiger partial charge >= 0.3 is 0 Å². The normalized spacial score (nSPS) is 12.5. The number of H-pyrrole nitrogens is 1. The maximum absolute atomic E-state index is 12.2. The van der Waals surface area contributed by atoms with E-state index in [-0.39, 0.29) is 5.91 Å². The second-order valence-electron chi connectivity index (χ2n) is 4.63.